The number of halogens is 2. The van der Waals surface area contributed by atoms with Gasteiger partial charge in [0.1, 0.15) is 11.6 Å². The van der Waals surface area contributed by atoms with E-state index in [1.807, 2.05) is 25.7 Å². The summed E-state index contributed by atoms with van der Waals surface area (Å²) in [5.74, 6) is -1.98. The number of carboxylic acid groups (broad SMARTS) is 1. The summed E-state index contributed by atoms with van der Waals surface area (Å²) in [7, 11) is 0. The van der Waals surface area contributed by atoms with Gasteiger partial charge in [-0.2, -0.15) is 0 Å². The predicted molar refractivity (Wildman–Crippen MR) is 75.9 cm³/mol. The van der Waals surface area contributed by atoms with Gasteiger partial charge in [0.2, 0.25) is 0 Å². The van der Waals surface area contributed by atoms with Gasteiger partial charge < -0.3 is 5.11 Å². The van der Waals surface area contributed by atoms with E-state index in [-0.39, 0.29) is 12.0 Å². The van der Waals surface area contributed by atoms with Crippen molar-refractivity contribution in [2.24, 2.45) is 11.3 Å². The van der Waals surface area contributed by atoms with Crippen LogP contribution in [0.2, 0.25) is 0 Å². The molecule has 1 aromatic carbocycles. The third kappa shape index (κ3) is 2.79. The van der Waals surface area contributed by atoms with E-state index in [9.17, 15) is 18.7 Å². The summed E-state index contributed by atoms with van der Waals surface area (Å²) in [6, 6.07) is 3.27. The van der Waals surface area contributed by atoms with E-state index in [0.717, 1.165) is 6.07 Å². The molecule has 0 amide bonds. The van der Waals surface area contributed by atoms with Crippen LogP contribution in [0.1, 0.15) is 38.8 Å². The van der Waals surface area contributed by atoms with Gasteiger partial charge in [-0.1, -0.05) is 19.9 Å². The van der Waals surface area contributed by atoms with Crippen molar-refractivity contribution in [1.29, 1.82) is 0 Å². The molecule has 1 aliphatic heterocycles. The van der Waals surface area contributed by atoms with Crippen molar-refractivity contribution in [2.75, 3.05) is 13.1 Å². The summed E-state index contributed by atoms with van der Waals surface area (Å²) in [6.45, 7) is 6.62. The van der Waals surface area contributed by atoms with Crippen LogP contribution in [0, 0.1) is 23.0 Å². The molecule has 5 heteroatoms. The van der Waals surface area contributed by atoms with E-state index in [2.05, 4.69) is 0 Å². The second-order valence-corrected chi connectivity index (χ2v) is 6.18. The van der Waals surface area contributed by atoms with Crippen LogP contribution < -0.4 is 0 Å². The fourth-order valence-electron chi connectivity index (χ4n) is 3.12. The molecule has 0 aliphatic carbocycles. The molecule has 2 rings (SSSR count). The van der Waals surface area contributed by atoms with Crippen molar-refractivity contribution in [3.05, 3.63) is 35.4 Å². The lowest BCUT2D eigenvalue weighted by molar-refractivity contribution is -0.151. The maximum atomic E-state index is 13.9. The van der Waals surface area contributed by atoms with Gasteiger partial charge in [-0.25, -0.2) is 8.78 Å². The van der Waals surface area contributed by atoms with Crippen LogP contribution in [0.4, 0.5) is 8.78 Å². The van der Waals surface area contributed by atoms with Crippen molar-refractivity contribution < 1.29 is 18.7 Å². The third-order valence-electron chi connectivity index (χ3n) is 4.82. The topological polar surface area (TPSA) is 40.5 Å². The summed E-state index contributed by atoms with van der Waals surface area (Å²) < 4.78 is 26.9. The number of aliphatic carboxylic acids is 1. The SMILES string of the molecule is CC(c1ccc(F)cc1F)N1CCC(C(=O)O)(C(C)C)C1. The molecule has 1 aromatic rings. The number of hydrogen-bond acceptors (Lipinski definition) is 2. The van der Waals surface area contributed by atoms with Crippen LogP contribution in [-0.2, 0) is 4.79 Å². The van der Waals surface area contributed by atoms with Crippen molar-refractivity contribution in [2.45, 2.75) is 33.2 Å². The van der Waals surface area contributed by atoms with E-state index in [4.69, 9.17) is 0 Å². The molecule has 2 unspecified atom stereocenters. The first-order valence-electron chi connectivity index (χ1n) is 7.20. The number of carboxylic acids is 1. The molecule has 0 saturated carbocycles. The van der Waals surface area contributed by atoms with E-state index in [1.165, 1.54) is 12.1 Å². The van der Waals surface area contributed by atoms with E-state index >= 15 is 0 Å². The highest BCUT2D eigenvalue weighted by atomic mass is 19.1. The molecule has 1 aliphatic rings. The summed E-state index contributed by atoms with van der Waals surface area (Å²) in [4.78, 5) is 13.6. The van der Waals surface area contributed by atoms with Crippen molar-refractivity contribution in [1.82, 2.24) is 4.90 Å². The quantitative estimate of drug-likeness (QED) is 0.925. The number of hydrogen-bond donors (Lipinski definition) is 1. The van der Waals surface area contributed by atoms with Gasteiger partial charge in [0, 0.05) is 24.2 Å². The molecule has 1 N–H and O–H groups in total. The monoisotopic (exact) mass is 297 g/mol. The zero-order valence-corrected chi connectivity index (χ0v) is 12.6. The smallest absolute Gasteiger partial charge is 0.311 e. The molecule has 1 heterocycles. The molecule has 0 bridgehead atoms. The van der Waals surface area contributed by atoms with Gasteiger partial charge in [0.05, 0.1) is 5.41 Å². The van der Waals surface area contributed by atoms with Crippen LogP contribution in [0.25, 0.3) is 0 Å². The van der Waals surface area contributed by atoms with Gasteiger partial charge in [0.15, 0.2) is 0 Å². The Hall–Kier alpha value is -1.49. The third-order valence-corrected chi connectivity index (χ3v) is 4.82. The van der Waals surface area contributed by atoms with Gasteiger partial charge in [-0.05, 0) is 31.9 Å². The second-order valence-electron chi connectivity index (χ2n) is 6.18. The molecule has 21 heavy (non-hydrogen) atoms. The van der Waals surface area contributed by atoms with Crippen LogP contribution >= 0.6 is 0 Å². The van der Waals surface area contributed by atoms with Gasteiger partial charge in [0.25, 0.3) is 0 Å². The summed E-state index contributed by atoms with van der Waals surface area (Å²) in [5, 5.41) is 9.54. The van der Waals surface area contributed by atoms with Crippen molar-refractivity contribution >= 4 is 5.97 Å². The van der Waals surface area contributed by atoms with Crippen LogP contribution in [0.5, 0.6) is 0 Å². The minimum atomic E-state index is -0.799. The fraction of sp³-hybridized carbons (Fsp3) is 0.562. The highest BCUT2D eigenvalue weighted by Gasteiger charge is 2.48. The summed E-state index contributed by atoms with van der Waals surface area (Å²) in [6.07, 6.45) is 0.549. The Bertz CT molecular complexity index is 547. The zero-order valence-electron chi connectivity index (χ0n) is 12.6. The largest absolute Gasteiger partial charge is 0.481 e. The second kappa shape index (κ2) is 5.72. The standard InChI is InChI=1S/C16H21F2NO2/c1-10(2)16(15(20)21)6-7-19(9-16)11(3)13-5-4-12(17)8-14(13)18/h4-5,8,10-11H,6-7,9H2,1-3H3,(H,20,21). The number of benzene rings is 1. The molecule has 0 radical (unpaired) electrons. The van der Waals surface area contributed by atoms with Crippen LogP contribution in [0.3, 0.4) is 0 Å². The average molecular weight is 297 g/mol. The molecular weight excluding hydrogens is 276 g/mol. The Kier molecular flexibility index (Phi) is 4.33. The Morgan fingerprint density at radius 1 is 1.33 bits per heavy atom. The summed E-state index contributed by atoms with van der Waals surface area (Å²) in [5.41, 5.74) is -0.383. The number of nitrogens with zero attached hydrogens (tertiary/aromatic N) is 1. The van der Waals surface area contributed by atoms with Crippen molar-refractivity contribution in [3.63, 3.8) is 0 Å². The Labute approximate surface area is 123 Å². The lowest BCUT2D eigenvalue weighted by Crippen LogP contribution is -2.39. The maximum absolute atomic E-state index is 13.9. The molecule has 1 saturated heterocycles. The van der Waals surface area contributed by atoms with Gasteiger partial charge in [-0.3, -0.25) is 9.69 Å². The fourth-order valence-corrected chi connectivity index (χ4v) is 3.12. The Balaban J connectivity index is 2.22. The number of rotatable bonds is 4. The van der Waals surface area contributed by atoms with Crippen molar-refractivity contribution in [3.8, 4) is 0 Å². The molecule has 0 spiro atoms. The molecular formula is C16H21F2NO2. The van der Waals surface area contributed by atoms with E-state index < -0.39 is 23.0 Å². The molecule has 3 nitrogen and oxygen atoms in total. The maximum Gasteiger partial charge on any atom is 0.311 e. The predicted octanol–water partition coefficient (Wildman–Crippen LogP) is 3.46. The first-order chi connectivity index (χ1) is 9.78. The Morgan fingerprint density at radius 3 is 2.48 bits per heavy atom. The minimum absolute atomic E-state index is 0.00487. The summed E-state index contributed by atoms with van der Waals surface area (Å²) >= 11 is 0. The Morgan fingerprint density at radius 2 is 2.00 bits per heavy atom. The number of likely N-dealkylation sites (tertiary alicyclic amines) is 1. The average Bonchev–Trinajstić information content (AvgIpc) is 2.84. The first kappa shape index (κ1) is 15.9. The lowest BCUT2D eigenvalue weighted by atomic mass is 9.76. The zero-order chi connectivity index (χ0) is 15.8. The highest BCUT2D eigenvalue weighted by molar-refractivity contribution is 5.75. The first-order valence-corrected chi connectivity index (χ1v) is 7.20. The molecule has 2 atom stereocenters. The van der Waals surface area contributed by atoms with Crippen LogP contribution in [-0.4, -0.2) is 29.1 Å². The van der Waals surface area contributed by atoms with Gasteiger partial charge in [-0.15, -0.1) is 0 Å². The van der Waals surface area contributed by atoms with Crippen LogP contribution in [0.15, 0.2) is 18.2 Å². The normalized spacial score (nSPS) is 24.5. The minimum Gasteiger partial charge on any atom is -0.481 e. The number of carbonyl (C=O) groups is 1. The van der Waals surface area contributed by atoms with E-state index in [0.29, 0.717) is 25.1 Å². The molecule has 116 valence electrons. The molecule has 1 fully saturated rings. The molecule has 0 aromatic heterocycles. The highest BCUT2D eigenvalue weighted by Crippen LogP contribution is 2.41. The lowest BCUT2D eigenvalue weighted by Gasteiger charge is -2.31. The van der Waals surface area contributed by atoms with Gasteiger partial charge >= 0.3 is 5.97 Å². The van der Waals surface area contributed by atoms with E-state index in [1.54, 1.807) is 0 Å².